The van der Waals surface area contributed by atoms with E-state index in [-0.39, 0.29) is 6.03 Å². The van der Waals surface area contributed by atoms with Gasteiger partial charge in [0.1, 0.15) is 0 Å². The summed E-state index contributed by atoms with van der Waals surface area (Å²) >= 11 is 0. The summed E-state index contributed by atoms with van der Waals surface area (Å²) in [5.41, 5.74) is 1.19. The second-order valence-corrected chi connectivity index (χ2v) is 5.68. The quantitative estimate of drug-likeness (QED) is 0.786. The van der Waals surface area contributed by atoms with Gasteiger partial charge in [-0.2, -0.15) is 0 Å². The van der Waals surface area contributed by atoms with Crippen LogP contribution in [0.5, 0.6) is 0 Å². The molecule has 1 aliphatic heterocycles. The molecule has 2 amide bonds. The van der Waals surface area contributed by atoms with Crippen molar-refractivity contribution in [1.82, 2.24) is 10.2 Å². The SMILES string of the molecule is COCCNC(=O)N1CCCC(COCc2ccccc2)C1. The Morgan fingerprint density at radius 1 is 1.36 bits per heavy atom. The van der Waals surface area contributed by atoms with Crippen molar-refractivity contribution < 1.29 is 14.3 Å². The molecule has 122 valence electrons. The predicted octanol–water partition coefficient (Wildman–Crippen LogP) is 2.27. The molecule has 1 atom stereocenters. The third-order valence-electron chi connectivity index (χ3n) is 3.85. The molecule has 1 aliphatic rings. The molecule has 1 aromatic carbocycles. The standard InChI is InChI=1S/C17H26N2O3/c1-21-11-9-18-17(20)19-10-5-8-16(12-19)14-22-13-15-6-3-2-4-7-15/h2-4,6-7,16H,5,8-14H2,1H3,(H,18,20). The van der Waals surface area contributed by atoms with Crippen LogP contribution in [0.1, 0.15) is 18.4 Å². The van der Waals surface area contributed by atoms with Gasteiger partial charge >= 0.3 is 6.03 Å². The van der Waals surface area contributed by atoms with Crippen LogP contribution >= 0.6 is 0 Å². The van der Waals surface area contributed by atoms with Gasteiger partial charge in [-0.1, -0.05) is 30.3 Å². The molecule has 0 saturated carbocycles. The summed E-state index contributed by atoms with van der Waals surface area (Å²) in [6.45, 7) is 4.04. The smallest absolute Gasteiger partial charge is 0.317 e. The van der Waals surface area contributed by atoms with Crippen LogP contribution in [0.25, 0.3) is 0 Å². The fraction of sp³-hybridized carbons (Fsp3) is 0.588. The maximum absolute atomic E-state index is 12.0. The number of rotatable bonds is 7. The molecule has 2 rings (SSSR count). The average molecular weight is 306 g/mol. The van der Waals surface area contributed by atoms with E-state index in [2.05, 4.69) is 17.4 Å². The molecule has 1 fully saturated rings. The van der Waals surface area contributed by atoms with Gasteiger partial charge in [0.2, 0.25) is 0 Å². The van der Waals surface area contributed by atoms with E-state index in [1.54, 1.807) is 7.11 Å². The largest absolute Gasteiger partial charge is 0.383 e. The highest BCUT2D eigenvalue weighted by atomic mass is 16.5. The second kappa shape index (κ2) is 9.43. The van der Waals surface area contributed by atoms with E-state index < -0.39 is 0 Å². The van der Waals surface area contributed by atoms with Crippen molar-refractivity contribution in [1.29, 1.82) is 0 Å². The lowest BCUT2D eigenvalue weighted by atomic mass is 9.99. The molecule has 0 aromatic heterocycles. The highest BCUT2D eigenvalue weighted by Crippen LogP contribution is 2.17. The molecule has 1 N–H and O–H groups in total. The van der Waals surface area contributed by atoms with Gasteiger partial charge in [0.15, 0.2) is 0 Å². The normalized spacial score (nSPS) is 18.2. The van der Waals surface area contributed by atoms with Gasteiger partial charge in [-0.3, -0.25) is 0 Å². The first-order valence-corrected chi connectivity index (χ1v) is 7.93. The number of methoxy groups -OCH3 is 1. The summed E-state index contributed by atoms with van der Waals surface area (Å²) in [4.78, 5) is 13.9. The number of urea groups is 1. The highest BCUT2D eigenvalue weighted by molar-refractivity contribution is 5.74. The lowest BCUT2D eigenvalue weighted by Gasteiger charge is -2.32. The Balaban J connectivity index is 1.68. The van der Waals surface area contributed by atoms with Crippen LogP contribution in [-0.4, -0.2) is 50.9 Å². The summed E-state index contributed by atoms with van der Waals surface area (Å²) in [6.07, 6.45) is 2.16. The van der Waals surface area contributed by atoms with E-state index in [0.29, 0.717) is 32.3 Å². The lowest BCUT2D eigenvalue weighted by molar-refractivity contribution is 0.0588. The molecule has 1 heterocycles. The summed E-state index contributed by atoms with van der Waals surface area (Å²) in [7, 11) is 1.63. The molecule has 5 nitrogen and oxygen atoms in total. The number of benzene rings is 1. The Morgan fingerprint density at radius 3 is 2.95 bits per heavy atom. The molecule has 1 unspecified atom stereocenters. The summed E-state index contributed by atoms with van der Waals surface area (Å²) in [6, 6.07) is 10.2. The topological polar surface area (TPSA) is 50.8 Å². The number of hydrogen-bond acceptors (Lipinski definition) is 3. The molecule has 0 spiro atoms. The van der Waals surface area contributed by atoms with Crippen molar-refractivity contribution in [2.24, 2.45) is 5.92 Å². The van der Waals surface area contributed by atoms with Gasteiger partial charge in [0.25, 0.3) is 0 Å². The Labute approximate surface area is 132 Å². The number of carbonyl (C=O) groups is 1. The summed E-state index contributed by atoms with van der Waals surface area (Å²) in [5.74, 6) is 0.422. The van der Waals surface area contributed by atoms with Crippen molar-refractivity contribution >= 4 is 6.03 Å². The number of nitrogens with zero attached hydrogens (tertiary/aromatic N) is 1. The number of ether oxygens (including phenoxy) is 2. The van der Waals surface area contributed by atoms with E-state index in [9.17, 15) is 4.79 Å². The van der Waals surface area contributed by atoms with Gasteiger partial charge in [0, 0.05) is 32.7 Å². The first kappa shape index (κ1) is 16.8. The Kier molecular flexibility index (Phi) is 7.19. The molecule has 0 aliphatic carbocycles. The number of hydrogen-bond donors (Lipinski definition) is 1. The lowest BCUT2D eigenvalue weighted by Crippen LogP contribution is -2.47. The number of carbonyl (C=O) groups excluding carboxylic acids is 1. The number of amides is 2. The van der Waals surface area contributed by atoms with E-state index in [4.69, 9.17) is 9.47 Å². The van der Waals surface area contributed by atoms with Gasteiger partial charge < -0.3 is 19.7 Å². The molecular formula is C17H26N2O3. The zero-order valence-electron chi connectivity index (χ0n) is 13.3. The molecule has 1 saturated heterocycles. The summed E-state index contributed by atoms with van der Waals surface area (Å²) < 4.78 is 10.8. The minimum absolute atomic E-state index is 0.00445. The minimum atomic E-state index is 0.00445. The van der Waals surface area contributed by atoms with Crippen molar-refractivity contribution in [3.8, 4) is 0 Å². The molecule has 1 aromatic rings. The van der Waals surface area contributed by atoms with E-state index >= 15 is 0 Å². The van der Waals surface area contributed by atoms with E-state index in [1.807, 2.05) is 23.1 Å². The maximum atomic E-state index is 12.0. The fourth-order valence-corrected chi connectivity index (χ4v) is 2.68. The van der Waals surface area contributed by atoms with Crippen LogP contribution in [0.15, 0.2) is 30.3 Å². The first-order valence-electron chi connectivity index (χ1n) is 7.93. The number of nitrogens with one attached hydrogen (secondary N) is 1. The molecule has 22 heavy (non-hydrogen) atoms. The Bertz CT molecular complexity index is 439. The van der Waals surface area contributed by atoms with Gasteiger partial charge in [-0.05, 0) is 18.4 Å². The van der Waals surface area contributed by atoms with Crippen LogP contribution < -0.4 is 5.32 Å². The molecule has 0 radical (unpaired) electrons. The van der Waals surface area contributed by atoms with Crippen LogP contribution in [0.4, 0.5) is 4.79 Å². The van der Waals surface area contributed by atoms with Crippen molar-refractivity contribution in [2.75, 3.05) is 40.0 Å². The van der Waals surface area contributed by atoms with Crippen molar-refractivity contribution in [3.63, 3.8) is 0 Å². The Hall–Kier alpha value is -1.59. The maximum Gasteiger partial charge on any atom is 0.317 e. The minimum Gasteiger partial charge on any atom is -0.383 e. The molecule has 0 bridgehead atoms. The fourth-order valence-electron chi connectivity index (χ4n) is 2.68. The van der Waals surface area contributed by atoms with Crippen LogP contribution in [0, 0.1) is 5.92 Å². The number of likely N-dealkylation sites (tertiary alicyclic amines) is 1. The molecular weight excluding hydrogens is 280 g/mol. The van der Waals surface area contributed by atoms with Crippen LogP contribution in [0.2, 0.25) is 0 Å². The van der Waals surface area contributed by atoms with Crippen LogP contribution in [0.3, 0.4) is 0 Å². The van der Waals surface area contributed by atoms with E-state index in [1.165, 1.54) is 5.56 Å². The van der Waals surface area contributed by atoms with E-state index in [0.717, 1.165) is 25.9 Å². The van der Waals surface area contributed by atoms with Crippen LogP contribution in [-0.2, 0) is 16.1 Å². The monoisotopic (exact) mass is 306 g/mol. The van der Waals surface area contributed by atoms with Crippen molar-refractivity contribution in [2.45, 2.75) is 19.4 Å². The first-order chi connectivity index (χ1) is 10.8. The zero-order chi connectivity index (χ0) is 15.6. The second-order valence-electron chi connectivity index (χ2n) is 5.68. The average Bonchev–Trinajstić information content (AvgIpc) is 2.56. The molecule has 5 heteroatoms. The highest BCUT2D eigenvalue weighted by Gasteiger charge is 2.23. The number of piperidine rings is 1. The van der Waals surface area contributed by atoms with Gasteiger partial charge in [0.05, 0.1) is 19.8 Å². The predicted molar refractivity (Wildman–Crippen MR) is 85.7 cm³/mol. The van der Waals surface area contributed by atoms with Gasteiger partial charge in [-0.15, -0.1) is 0 Å². The zero-order valence-corrected chi connectivity index (χ0v) is 13.3. The third kappa shape index (κ3) is 5.66. The Morgan fingerprint density at radius 2 is 2.18 bits per heavy atom. The van der Waals surface area contributed by atoms with Crippen molar-refractivity contribution in [3.05, 3.63) is 35.9 Å². The summed E-state index contributed by atoms with van der Waals surface area (Å²) in [5, 5.41) is 2.88. The van der Waals surface area contributed by atoms with Gasteiger partial charge in [-0.25, -0.2) is 4.79 Å². The third-order valence-corrected chi connectivity index (χ3v) is 3.85.